The second-order valence-electron chi connectivity index (χ2n) is 4.56. The van der Waals surface area contributed by atoms with E-state index in [9.17, 15) is 0 Å². The molecular weight excluding hydrogens is 288 g/mol. The quantitative estimate of drug-likeness (QED) is 0.750. The lowest BCUT2D eigenvalue weighted by atomic mass is 10.1. The molecule has 7 heteroatoms. The molecule has 0 spiro atoms. The third-order valence-electron chi connectivity index (χ3n) is 3.11. The van der Waals surface area contributed by atoms with Gasteiger partial charge in [0.25, 0.3) is 0 Å². The predicted octanol–water partition coefficient (Wildman–Crippen LogP) is 2.88. The van der Waals surface area contributed by atoms with Gasteiger partial charge in [-0.25, -0.2) is 9.67 Å². The number of tetrazole rings is 1. The van der Waals surface area contributed by atoms with Gasteiger partial charge in [0.15, 0.2) is 5.15 Å². The molecule has 0 aliphatic heterocycles. The molecule has 0 aliphatic carbocycles. The molecular formula is C14H13ClN6. The minimum Gasteiger partial charge on any atom is -0.376 e. The van der Waals surface area contributed by atoms with Crippen LogP contribution in [0.25, 0.3) is 5.69 Å². The molecule has 0 saturated heterocycles. The van der Waals surface area contributed by atoms with E-state index in [-0.39, 0.29) is 6.04 Å². The first-order chi connectivity index (χ1) is 10.2. The largest absolute Gasteiger partial charge is 0.376 e. The summed E-state index contributed by atoms with van der Waals surface area (Å²) in [7, 11) is 0. The molecule has 0 saturated carbocycles. The second-order valence-corrected chi connectivity index (χ2v) is 4.92. The first-order valence-corrected chi connectivity index (χ1v) is 6.82. The molecule has 1 unspecified atom stereocenters. The van der Waals surface area contributed by atoms with E-state index in [1.54, 1.807) is 17.2 Å². The molecule has 3 rings (SSSR count). The molecule has 0 aliphatic rings. The van der Waals surface area contributed by atoms with E-state index in [1.165, 1.54) is 0 Å². The SMILES string of the molecule is CC(Nc1cccnc1Cl)c1cccc(-n2cnnn2)c1. The lowest BCUT2D eigenvalue weighted by Gasteiger charge is -2.17. The Morgan fingerprint density at radius 1 is 1.24 bits per heavy atom. The fraction of sp³-hybridized carbons (Fsp3) is 0.143. The summed E-state index contributed by atoms with van der Waals surface area (Å²) in [6, 6.07) is 11.8. The van der Waals surface area contributed by atoms with Crippen molar-refractivity contribution in [2.45, 2.75) is 13.0 Å². The summed E-state index contributed by atoms with van der Waals surface area (Å²) in [5, 5.41) is 15.0. The lowest BCUT2D eigenvalue weighted by molar-refractivity contribution is 0.785. The van der Waals surface area contributed by atoms with Gasteiger partial charge in [0, 0.05) is 12.2 Å². The summed E-state index contributed by atoms with van der Waals surface area (Å²) in [5.41, 5.74) is 2.81. The van der Waals surface area contributed by atoms with E-state index < -0.39 is 0 Å². The summed E-state index contributed by atoms with van der Waals surface area (Å²) >= 11 is 6.06. The number of pyridine rings is 1. The maximum absolute atomic E-state index is 6.06. The highest BCUT2D eigenvalue weighted by Crippen LogP contribution is 2.24. The van der Waals surface area contributed by atoms with Crippen LogP contribution in [0.5, 0.6) is 0 Å². The zero-order valence-corrected chi connectivity index (χ0v) is 12.1. The Balaban J connectivity index is 1.84. The van der Waals surface area contributed by atoms with Crippen LogP contribution < -0.4 is 5.32 Å². The summed E-state index contributed by atoms with van der Waals surface area (Å²) in [4.78, 5) is 4.06. The molecule has 1 atom stereocenters. The van der Waals surface area contributed by atoms with Crippen molar-refractivity contribution in [3.63, 3.8) is 0 Å². The normalized spacial score (nSPS) is 12.1. The van der Waals surface area contributed by atoms with Crippen LogP contribution in [0.15, 0.2) is 48.9 Å². The molecule has 0 amide bonds. The van der Waals surface area contributed by atoms with Crippen molar-refractivity contribution in [2.24, 2.45) is 0 Å². The monoisotopic (exact) mass is 300 g/mol. The summed E-state index contributed by atoms with van der Waals surface area (Å²) in [6.07, 6.45) is 3.23. The van der Waals surface area contributed by atoms with Crippen LogP contribution in [-0.4, -0.2) is 25.2 Å². The van der Waals surface area contributed by atoms with Gasteiger partial charge in [-0.1, -0.05) is 23.7 Å². The van der Waals surface area contributed by atoms with Gasteiger partial charge >= 0.3 is 0 Å². The average Bonchev–Trinajstić information content (AvgIpc) is 3.04. The molecule has 2 heterocycles. The number of benzene rings is 1. The van der Waals surface area contributed by atoms with Crippen molar-refractivity contribution in [2.75, 3.05) is 5.32 Å². The van der Waals surface area contributed by atoms with E-state index in [0.717, 1.165) is 16.9 Å². The first kappa shape index (κ1) is 13.5. The summed E-state index contributed by atoms with van der Waals surface area (Å²) in [6.45, 7) is 2.06. The van der Waals surface area contributed by atoms with E-state index in [1.807, 2.05) is 36.4 Å². The Bertz CT molecular complexity index is 728. The average molecular weight is 301 g/mol. The van der Waals surface area contributed by atoms with Crippen LogP contribution in [0.3, 0.4) is 0 Å². The molecule has 0 fully saturated rings. The Labute approximate surface area is 126 Å². The van der Waals surface area contributed by atoms with Crippen molar-refractivity contribution in [3.05, 3.63) is 59.6 Å². The van der Waals surface area contributed by atoms with Gasteiger partial charge in [0.1, 0.15) is 6.33 Å². The van der Waals surface area contributed by atoms with Crippen LogP contribution in [0, 0.1) is 0 Å². The number of aromatic nitrogens is 5. The molecule has 3 aromatic rings. The third-order valence-corrected chi connectivity index (χ3v) is 3.42. The fourth-order valence-corrected chi connectivity index (χ4v) is 2.20. The molecule has 1 N–H and O–H groups in total. The third kappa shape index (κ3) is 3.00. The van der Waals surface area contributed by atoms with Crippen LogP contribution in [0.2, 0.25) is 5.15 Å². The second kappa shape index (κ2) is 5.88. The summed E-state index contributed by atoms with van der Waals surface area (Å²) in [5.74, 6) is 0. The van der Waals surface area contributed by atoms with Crippen molar-refractivity contribution in [1.29, 1.82) is 0 Å². The molecule has 21 heavy (non-hydrogen) atoms. The highest BCUT2D eigenvalue weighted by atomic mass is 35.5. The number of rotatable bonds is 4. The molecule has 6 nitrogen and oxygen atoms in total. The zero-order valence-electron chi connectivity index (χ0n) is 11.3. The minimum absolute atomic E-state index is 0.0723. The zero-order chi connectivity index (χ0) is 14.7. The predicted molar refractivity (Wildman–Crippen MR) is 80.4 cm³/mol. The molecule has 0 radical (unpaired) electrons. The van der Waals surface area contributed by atoms with E-state index in [0.29, 0.717) is 5.15 Å². The Kier molecular flexibility index (Phi) is 3.79. The number of nitrogens with one attached hydrogen (secondary N) is 1. The maximum Gasteiger partial charge on any atom is 0.152 e. The van der Waals surface area contributed by atoms with Gasteiger partial charge in [0.05, 0.1) is 11.4 Å². The van der Waals surface area contributed by atoms with Gasteiger partial charge in [-0.15, -0.1) is 5.10 Å². The standard InChI is InChI=1S/C14H13ClN6/c1-10(18-13-6-3-7-16-14(13)15)11-4-2-5-12(8-11)21-9-17-19-20-21/h2-10,18H,1H3. The van der Waals surface area contributed by atoms with Gasteiger partial charge < -0.3 is 5.32 Å². The minimum atomic E-state index is 0.0723. The van der Waals surface area contributed by atoms with Gasteiger partial charge in [-0.3, -0.25) is 0 Å². The van der Waals surface area contributed by atoms with Gasteiger partial charge in [-0.2, -0.15) is 0 Å². The smallest absolute Gasteiger partial charge is 0.152 e. The van der Waals surface area contributed by atoms with Crippen LogP contribution >= 0.6 is 11.6 Å². The Morgan fingerprint density at radius 3 is 2.90 bits per heavy atom. The molecule has 1 aromatic carbocycles. The first-order valence-electron chi connectivity index (χ1n) is 6.44. The highest BCUT2D eigenvalue weighted by Gasteiger charge is 2.09. The van der Waals surface area contributed by atoms with Crippen molar-refractivity contribution < 1.29 is 0 Å². The van der Waals surface area contributed by atoms with E-state index in [2.05, 4.69) is 32.7 Å². The number of hydrogen-bond acceptors (Lipinski definition) is 5. The van der Waals surface area contributed by atoms with Crippen molar-refractivity contribution in [1.82, 2.24) is 25.2 Å². The molecule has 106 valence electrons. The maximum atomic E-state index is 6.06. The van der Waals surface area contributed by atoms with Crippen molar-refractivity contribution >= 4 is 17.3 Å². The molecule has 0 bridgehead atoms. The van der Waals surface area contributed by atoms with Gasteiger partial charge in [0.2, 0.25) is 0 Å². The molecule has 2 aromatic heterocycles. The number of hydrogen-bond donors (Lipinski definition) is 1. The fourth-order valence-electron chi connectivity index (χ4n) is 2.03. The van der Waals surface area contributed by atoms with E-state index in [4.69, 9.17) is 11.6 Å². The summed E-state index contributed by atoms with van der Waals surface area (Å²) < 4.78 is 1.62. The van der Waals surface area contributed by atoms with Crippen molar-refractivity contribution in [3.8, 4) is 5.69 Å². The van der Waals surface area contributed by atoms with E-state index >= 15 is 0 Å². The van der Waals surface area contributed by atoms with Crippen LogP contribution in [-0.2, 0) is 0 Å². The number of nitrogens with zero attached hydrogens (tertiary/aromatic N) is 5. The Hall–Kier alpha value is -2.47. The topological polar surface area (TPSA) is 68.5 Å². The van der Waals surface area contributed by atoms with Gasteiger partial charge in [-0.05, 0) is 47.2 Å². The number of anilines is 1. The number of halogens is 1. The van der Waals surface area contributed by atoms with Crippen LogP contribution in [0.1, 0.15) is 18.5 Å². The Morgan fingerprint density at radius 2 is 2.14 bits per heavy atom. The van der Waals surface area contributed by atoms with Crippen LogP contribution in [0.4, 0.5) is 5.69 Å². The lowest BCUT2D eigenvalue weighted by Crippen LogP contribution is -2.08. The highest BCUT2D eigenvalue weighted by molar-refractivity contribution is 6.31.